The molecule has 0 amide bonds. The van der Waals surface area contributed by atoms with E-state index in [0.717, 1.165) is 25.3 Å². The van der Waals surface area contributed by atoms with Gasteiger partial charge in [-0.2, -0.15) is 0 Å². The zero-order valence-electron chi connectivity index (χ0n) is 19.5. The summed E-state index contributed by atoms with van der Waals surface area (Å²) in [6, 6.07) is 0. The Morgan fingerprint density at radius 2 is 1.41 bits per heavy atom. The Hall–Kier alpha value is -0.730. The van der Waals surface area contributed by atoms with Gasteiger partial charge in [-0.15, -0.1) is 0 Å². The zero-order chi connectivity index (χ0) is 22.0. The number of ether oxygens (including phenoxy) is 4. The molecule has 2 fully saturated rings. The maximum Gasteiger partial charge on any atom is 0.312 e. The fourth-order valence-electron chi connectivity index (χ4n) is 4.50. The number of nitrogens with one attached hydrogen (secondary N) is 1. The fraction of sp³-hybridized carbons (Fsp3) is 0.955. The van der Waals surface area contributed by atoms with Crippen LogP contribution in [0.15, 0.2) is 0 Å². The van der Waals surface area contributed by atoms with E-state index >= 15 is 0 Å². The van der Waals surface area contributed by atoms with Crippen molar-refractivity contribution in [2.75, 3.05) is 26.4 Å². The summed E-state index contributed by atoms with van der Waals surface area (Å²) in [5, 5.41) is 3.14. The van der Waals surface area contributed by atoms with Crippen molar-refractivity contribution in [2.45, 2.75) is 80.1 Å². The summed E-state index contributed by atoms with van der Waals surface area (Å²) in [6.07, 6.45) is 2.10. The molecule has 0 radical (unpaired) electrons. The predicted octanol–water partition coefficient (Wildman–Crippen LogP) is 3.12. The monoisotopic (exact) mass is 416 g/mol. The van der Waals surface area contributed by atoms with Crippen molar-refractivity contribution in [1.29, 1.82) is 0 Å². The van der Waals surface area contributed by atoms with Crippen LogP contribution in [0.2, 0.25) is 0 Å². The molecule has 1 aliphatic carbocycles. The van der Waals surface area contributed by atoms with Crippen LogP contribution in [0.3, 0.4) is 0 Å². The predicted molar refractivity (Wildman–Crippen MR) is 114 cm³/mol. The van der Waals surface area contributed by atoms with Crippen LogP contribution in [-0.2, 0) is 23.7 Å². The minimum Gasteiger partial charge on any atom is -0.462 e. The third-order valence-electron chi connectivity index (χ3n) is 5.78. The Morgan fingerprint density at radius 1 is 0.931 bits per heavy atom. The minimum absolute atomic E-state index is 0.0590. The van der Waals surface area contributed by atoms with Crippen molar-refractivity contribution in [3.63, 3.8) is 0 Å². The molecule has 3 N–H and O–H groups in total. The van der Waals surface area contributed by atoms with Gasteiger partial charge >= 0.3 is 5.97 Å². The Balaban J connectivity index is 0.000000359. The van der Waals surface area contributed by atoms with Gasteiger partial charge in [0.05, 0.1) is 12.1 Å². The summed E-state index contributed by atoms with van der Waals surface area (Å²) in [7, 11) is 0. The largest absolute Gasteiger partial charge is 0.462 e. The van der Waals surface area contributed by atoms with Crippen LogP contribution in [0, 0.1) is 29.6 Å². The maximum atomic E-state index is 12.4. The van der Waals surface area contributed by atoms with Crippen molar-refractivity contribution < 1.29 is 23.7 Å². The first kappa shape index (κ1) is 26.3. The van der Waals surface area contributed by atoms with Crippen LogP contribution in [0.5, 0.6) is 0 Å². The molecule has 29 heavy (non-hydrogen) atoms. The molecule has 7 nitrogen and oxygen atoms in total. The molecule has 1 aliphatic heterocycles. The quantitative estimate of drug-likeness (QED) is 0.464. The van der Waals surface area contributed by atoms with E-state index in [1.807, 2.05) is 20.8 Å². The normalized spacial score (nSPS) is 34.6. The van der Waals surface area contributed by atoms with E-state index in [0.29, 0.717) is 31.7 Å². The smallest absolute Gasteiger partial charge is 0.312 e. The molecule has 5 atom stereocenters. The van der Waals surface area contributed by atoms with Gasteiger partial charge in [0.1, 0.15) is 6.10 Å². The Morgan fingerprint density at radius 3 is 1.79 bits per heavy atom. The highest BCUT2D eigenvalue weighted by Gasteiger charge is 2.41. The van der Waals surface area contributed by atoms with Crippen LogP contribution in [0.25, 0.3) is 0 Å². The lowest BCUT2D eigenvalue weighted by molar-refractivity contribution is -0.282. The second-order valence-electron chi connectivity index (χ2n) is 8.52. The molecule has 2 rings (SSSR count). The lowest BCUT2D eigenvalue weighted by Gasteiger charge is -2.38. The first-order valence-corrected chi connectivity index (χ1v) is 11.3. The van der Waals surface area contributed by atoms with E-state index in [4.69, 9.17) is 24.7 Å². The number of esters is 1. The second-order valence-corrected chi connectivity index (χ2v) is 8.52. The molecule has 5 unspecified atom stereocenters. The molecule has 0 spiro atoms. The molecular weight excluding hydrogens is 372 g/mol. The average molecular weight is 417 g/mol. The number of hydrogen-bond acceptors (Lipinski definition) is 7. The van der Waals surface area contributed by atoms with Gasteiger partial charge < -0.3 is 30.0 Å². The van der Waals surface area contributed by atoms with E-state index in [1.165, 1.54) is 0 Å². The summed E-state index contributed by atoms with van der Waals surface area (Å²) in [6.45, 7) is 16.6. The van der Waals surface area contributed by atoms with Crippen molar-refractivity contribution in [2.24, 2.45) is 35.3 Å². The van der Waals surface area contributed by atoms with Crippen molar-refractivity contribution >= 4 is 5.97 Å². The SMILES string of the molecule is CC1CC(C)C(OC(=O)C2C(C)CNC2N)C(C)C1.CCOC(OCC)OCC. The van der Waals surface area contributed by atoms with Crippen LogP contribution in [-0.4, -0.2) is 51.1 Å². The third kappa shape index (κ3) is 8.50. The zero-order valence-corrected chi connectivity index (χ0v) is 19.5. The van der Waals surface area contributed by atoms with E-state index in [1.54, 1.807) is 0 Å². The Bertz CT molecular complexity index is 428. The summed E-state index contributed by atoms with van der Waals surface area (Å²) in [5.74, 6) is 1.58. The molecule has 7 heteroatoms. The van der Waals surface area contributed by atoms with Gasteiger partial charge in [0.25, 0.3) is 6.48 Å². The van der Waals surface area contributed by atoms with Gasteiger partial charge in [-0.25, -0.2) is 0 Å². The highest BCUT2D eigenvalue weighted by Crippen LogP contribution is 2.36. The number of carbonyl (C=O) groups is 1. The highest BCUT2D eigenvalue weighted by atomic mass is 16.8. The second kappa shape index (κ2) is 13.5. The lowest BCUT2D eigenvalue weighted by atomic mass is 9.75. The van der Waals surface area contributed by atoms with Crippen molar-refractivity contribution in [3.05, 3.63) is 0 Å². The van der Waals surface area contributed by atoms with Gasteiger partial charge in [0.15, 0.2) is 0 Å². The van der Waals surface area contributed by atoms with Gasteiger partial charge in [-0.05, 0) is 57.3 Å². The number of carbonyl (C=O) groups excluding carboxylic acids is 1. The summed E-state index contributed by atoms with van der Waals surface area (Å²) in [4.78, 5) is 12.4. The van der Waals surface area contributed by atoms with E-state index in [9.17, 15) is 4.79 Å². The van der Waals surface area contributed by atoms with Gasteiger partial charge in [0.2, 0.25) is 0 Å². The molecule has 0 aromatic heterocycles. The van der Waals surface area contributed by atoms with Crippen LogP contribution < -0.4 is 11.1 Å². The summed E-state index contributed by atoms with van der Waals surface area (Å²) < 4.78 is 21.1. The van der Waals surface area contributed by atoms with Crippen LogP contribution >= 0.6 is 0 Å². The maximum absolute atomic E-state index is 12.4. The van der Waals surface area contributed by atoms with Crippen molar-refractivity contribution in [3.8, 4) is 0 Å². The van der Waals surface area contributed by atoms with Gasteiger partial charge in [0, 0.05) is 26.4 Å². The minimum atomic E-state index is -0.472. The van der Waals surface area contributed by atoms with E-state index in [2.05, 4.69) is 33.0 Å². The summed E-state index contributed by atoms with van der Waals surface area (Å²) in [5.41, 5.74) is 5.95. The van der Waals surface area contributed by atoms with Gasteiger partial charge in [-0.3, -0.25) is 4.79 Å². The number of nitrogens with two attached hydrogens (primary N) is 1. The molecule has 1 heterocycles. The van der Waals surface area contributed by atoms with Gasteiger partial charge in [-0.1, -0.05) is 27.7 Å². The number of hydrogen-bond donors (Lipinski definition) is 2. The standard InChI is InChI=1S/C15H28N2O2.C7H16O3/c1-8-5-9(2)13(10(3)6-8)19-15(18)12-11(4)7-17-14(12)16;1-4-8-7(9-5-2)10-6-3/h8-14,17H,5-7,16H2,1-4H3;7H,4-6H2,1-3H3. The molecule has 0 aromatic rings. The molecular formula is C22H44N2O5. The molecule has 172 valence electrons. The number of rotatable bonds is 8. The molecule has 0 bridgehead atoms. The average Bonchev–Trinajstić information content (AvgIpc) is 2.98. The molecule has 1 saturated heterocycles. The topological polar surface area (TPSA) is 92.0 Å². The molecule has 2 aliphatic rings. The fourth-order valence-corrected chi connectivity index (χ4v) is 4.50. The third-order valence-corrected chi connectivity index (χ3v) is 5.78. The highest BCUT2D eigenvalue weighted by molar-refractivity contribution is 5.74. The van der Waals surface area contributed by atoms with E-state index in [-0.39, 0.29) is 30.1 Å². The Kier molecular flexibility index (Phi) is 12.3. The Labute approximate surface area is 177 Å². The first-order valence-electron chi connectivity index (χ1n) is 11.3. The summed E-state index contributed by atoms with van der Waals surface area (Å²) >= 11 is 0. The molecule has 0 aromatic carbocycles. The van der Waals surface area contributed by atoms with Crippen LogP contribution in [0.4, 0.5) is 0 Å². The van der Waals surface area contributed by atoms with E-state index < -0.39 is 6.48 Å². The molecule has 1 saturated carbocycles. The lowest BCUT2D eigenvalue weighted by Crippen LogP contribution is -2.44. The first-order chi connectivity index (χ1) is 13.7. The van der Waals surface area contributed by atoms with Crippen molar-refractivity contribution in [1.82, 2.24) is 5.32 Å². The van der Waals surface area contributed by atoms with Crippen LogP contribution in [0.1, 0.15) is 61.3 Å².